The molecular weight excluding hydrogens is 361 g/mol. The molecule has 0 unspecified atom stereocenters. The summed E-state index contributed by atoms with van der Waals surface area (Å²) in [5.74, 6) is -0.182. The highest BCUT2D eigenvalue weighted by Crippen LogP contribution is 2.23. The molecule has 112 valence electrons. The largest absolute Gasteiger partial charge is 0.494 e. The molecule has 0 atom stereocenters. The third-order valence-corrected chi connectivity index (χ3v) is 4.51. The Morgan fingerprint density at radius 1 is 1.19 bits per heavy atom. The number of hydrogen-bond acceptors (Lipinski definition) is 3. The van der Waals surface area contributed by atoms with Crippen molar-refractivity contribution in [3.63, 3.8) is 0 Å². The Balaban J connectivity index is 2.24. The molecule has 0 amide bonds. The van der Waals surface area contributed by atoms with Gasteiger partial charge in [-0.25, -0.2) is 12.8 Å². The van der Waals surface area contributed by atoms with E-state index in [2.05, 4.69) is 20.7 Å². The third-order valence-electron chi connectivity index (χ3n) is 2.60. The van der Waals surface area contributed by atoms with Gasteiger partial charge in [0.25, 0.3) is 10.0 Å². The number of rotatable bonds is 5. The van der Waals surface area contributed by atoms with E-state index in [1.807, 2.05) is 6.92 Å². The van der Waals surface area contributed by atoms with Gasteiger partial charge in [-0.05, 0) is 49.4 Å². The molecular formula is C14H13BrFNO3S. The zero-order valence-corrected chi connectivity index (χ0v) is 13.5. The number of nitrogens with one attached hydrogen (secondary N) is 1. The van der Waals surface area contributed by atoms with Crippen LogP contribution in [0.5, 0.6) is 5.75 Å². The van der Waals surface area contributed by atoms with Gasteiger partial charge in [0.2, 0.25) is 0 Å². The first-order chi connectivity index (χ1) is 9.92. The van der Waals surface area contributed by atoms with Crippen molar-refractivity contribution in [2.45, 2.75) is 11.8 Å². The van der Waals surface area contributed by atoms with E-state index in [1.54, 1.807) is 24.3 Å². The van der Waals surface area contributed by atoms with Crippen LogP contribution in [0.2, 0.25) is 0 Å². The molecule has 0 aliphatic heterocycles. The van der Waals surface area contributed by atoms with Crippen molar-refractivity contribution in [3.05, 3.63) is 52.8 Å². The zero-order chi connectivity index (χ0) is 15.5. The molecule has 0 saturated carbocycles. The lowest BCUT2D eigenvalue weighted by atomic mass is 10.3. The van der Waals surface area contributed by atoms with Gasteiger partial charge in [-0.1, -0.05) is 15.9 Å². The van der Waals surface area contributed by atoms with Crippen LogP contribution in [0.15, 0.2) is 51.8 Å². The average Bonchev–Trinajstić information content (AvgIpc) is 2.40. The fraction of sp³-hybridized carbons (Fsp3) is 0.143. The SMILES string of the molecule is CCOc1ccc(NS(=O)(=O)c2ccc(Br)cc2F)cc1. The summed E-state index contributed by atoms with van der Waals surface area (Å²) in [6, 6.07) is 10.2. The molecule has 0 fully saturated rings. The lowest BCUT2D eigenvalue weighted by molar-refractivity contribution is 0.340. The molecule has 2 rings (SSSR count). The third kappa shape index (κ3) is 3.95. The summed E-state index contributed by atoms with van der Waals surface area (Å²) in [6.45, 7) is 2.38. The van der Waals surface area contributed by atoms with E-state index < -0.39 is 20.7 Å². The van der Waals surface area contributed by atoms with Gasteiger partial charge < -0.3 is 4.74 Å². The highest BCUT2D eigenvalue weighted by molar-refractivity contribution is 9.10. The minimum Gasteiger partial charge on any atom is -0.494 e. The summed E-state index contributed by atoms with van der Waals surface area (Å²) in [7, 11) is -3.97. The number of halogens is 2. The first-order valence-electron chi connectivity index (χ1n) is 6.13. The van der Waals surface area contributed by atoms with Crippen LogP contribution in [0.3, 0.4) is 0 Å². The predicted octanol–water partition coefficient (Wildman–Crippen LogP) is 3.79. The van der Waals surface area contributed by atoms with Crippen molar-refractivity contribution < 1.29 is 17.5 Å². The lowest BCUT2D eigenvalue weighted by Crippen LogP contribution is -2.14. The number of benzene rings is 2. The van der Waals surface area contributed by atoms with Crippen molar-refractivity contribution in [1.29, 1.82) is 0 Å². The molecule has 1 N–H and O–H groups in total. The molecule has 2 aromatic rings. The maximum atomic E-state index is 13.7. The van der Waals surface area contributed by atoms with E-state index in [0.29, 0.717) is 22.5 Å². The minimum absolute atomic E-state index is 0.334. The summed E-state index contributed by atoms with van der Waals surface area (Å²) >= 11 is 3.08. The summed E-state index contributed by atoms with van der Waals surface area (Å²) in [5.41, 5.74) is 0.334. The predicted molar refractivity (Wildman–Crippen MR) is 82.5 cm³/mol. The summed E-state index contributed by atoms with van der Waals surface area (Å²) in [4.78, 5) is -0.403. The second kappa shape index (κ2) is 6.44. The number of anilines is 1. The average molecular weight is 374 g/mol. The van der Waals surface area contributed by atoms with Crippen LogP contribution in [0.25, 0.3) is 0 Å². The van der Waals surface area contributed by atoms with Crippen molar-refractivity contribution >= 4 is 31.6 Å². The molecule has 0 aliphatic carbocycles. The molecule has 0 saturated heterocycles. The quantitative estimate of drug-likeness (QED) is 0.867. The van der Waals surface area contributed by atoms with E-state index >= 15 is 0 Å². The van der Waals surface area contributed by atoms with Crippen molar-refractivity contribution in [1.82, 2.24) is 0 Å². The van der Waals surface area contributed by atoms with Crippen LogP contribution in [0.1, 0.15) is 6.92 Å². The van der Waals surface area contributed by atoms with Crippen LogP contribution in [-0.4, -0.2) is 15.0 Å². The van der Waals surface area contributed by atoms with Crippen LogP contribution in [-0.2, 0) is 10.0 Å². The Labute approximate surface area is 131 Å². The standard InChI is InChI=1S/C14H13BrFNO3S/c1-2-20-12-6-4-11(5-7-12)17-21(18,19)14-8-3-10(15)9-13(14)16/h3-9,17H,2H2,1H3. The van der Waals surface area contributed by atoms with Gasteiger partial charge in [-0.15, -0.1) is 0 Å². The monoisotopic (exact) mass is 373 g/mol. The molecule has 0 heterocycles. The molecule has 2 aromatic carbocycles. The first-order valence-corrected chi connectivity index (χ1v) is 8.41. The Hall–Kier alpha value is -1.60. The molecule has 0 aliphatic rings. The van der Waals surface area contributed by atoms with Crippen LogP contribution in [0, 0.1) is 5.82 Å². The second-order valence-electron chi connectivity index (χ2n) is 4.14. The van der Waals surface area contributed by atoms with Crippen LogP contribution >= 0.6 is 15.9 Å². The van der Waals surface area contributed by atoms with Gasteiger partial charge in [0.1, 0.15) is 16.5 Å². The van der Waals surface area contributed by atoms with Crippen molar-refractivity contribution in [3.8, 4) is 5.75 Å². The molecule has 0 bridgehead atoms. The Kier molecular flexibility index (Phi) is 4.84. The van der Waals surface area contributed by atoms with Crippen molar-refractivity contribution in [2.24, 2.45) is 0 Å². The fourth-order valence-corrected chi connectivity index (χ4v) is 3.14. The number of ether oxygens (including phenoxy) is 1. The van der Waals surface area contributed by atoms with Gasteiger partial charge in [0.05, 0.1) is 6.61 Å². The molecule has 0 spiro atoms. The number of hydrogen-bond donors (Lipinski definition) is 1. The topological polar surface area (TPSA) is 55.4 Å². The van der Waals surface area contributed by atoms with Crippen molar-refractivity contribution in [2.75, 3.05) is 11.3 Å². The Morgan fingerprint density at radius 2 is 1.86 bits per heavy atom. The van der Waals surface area contributed by atoms with Gasteiger partial charge >= 0.3 is 0 Å². The smallest absolute Gasteiger partial charge is 0.264 e. The van der Waals surface area contributed by atoms with Gasteiger partial charge in [-0.3, -0.25) is 4.72 Å². The van der Waals surface area contributed by atoms with Gasteiger partial charge in [0, 0.05) is 10.2 Å². The Bertz CT molecular complexity index is 732. The highest BCUT2D eigenvalue weighted by Gasteiger charge is 2.19. The fourth-order valence-electron chi connectivity index (χ4n) is 1.69. The molecule has 4 nitrogen and oxygen atoms in total. The summed E-state index contributed by atoms with van der Waals surface area (Å²) in [6.07, 6.45) is 0. The normalized spacial score (nSPS) is 11.2. The molecule has 0 radical (unpaired) electrons. The van der Waals surface area contributed by atoms with E-state index in [1.165, 1.54) is 12.1 Å². The minimum atomic E-state index is -3.97. The van der Waals surface area contributed by atoms with E-state index in [4.69, 9.17) is 4.74 Å². The van der Waals surface area contributed by atoms with Crippen LogP contribution < -0.4 is 9.46 Å². The number of sulfonamides is 1. The Morgan fingerprint density at radius 3 is 2.43 bits per heavy atom. The van der Waals surface area contributed by atoms with Gasteiger partial charge in [0.15, 0.2) is 0 Å². The maximum absolute atomic E-state index is 13.7. The highest BCUT2D eigenvalue weighted by atomic mass is 79.9. The molecule has 7 heteroatoms. The van der Waals surface area contributed by atoms with Gasteiger partial charge in [-0.2, -0.15) is 0 Å². The lowest BCUT2D eigenvalue weighted by Gasteiger charge is -2.10. The zero-order valence-electron chi connectivity index (χ0n) is 11.1. The molecule has 21 heavy (non-hydrogen) atoms. The summed E-state index contributed by atoms with van der Waals surface area (Å²) < 4.78 is 46.1. The molecule has 0 aromatic heterocycles. The van der Waals surface area contributed by atoms with E-state index in [-0.39, 0.29) is 0 Å². The summed E-state index contributed by atoms with van der Waals surface area (Å²) in [5, 5.41) is 0. The van der Waals surface area contributed by atoms with E-state index in [9.17, 15) is 12.8 Å². The van der Waals surface area contributed by atoms with E-state index in [0.717, 1.165) is 6.07 Å². The van der Waals surface area contributed by atoms with Crippen LogP contribution in [0.4, 0.5) is 10.1 Å². The first kappa shape index (κ1) is 15.8. The maximum Gasteiger partial charge on any atom is 0.264 e. The second-order valence-corrected chi connectivity index (χ2v) is 6.70.